The van der Waals surface area contributed by atoms with Crippen molar-refractivity contribution in [1.82, 2.24) is 10.2 Å². The van der Waals surface area contributed by atoms with E-state index < -0.39 is 6.04 Å². The Morgan fingerprint density at radius 1 is 1.11 bits per heavy atom. The Bertz CT molecular complexity index is 719. The van der Waals surface area contributed by atoms with E-state index in [1.807, 2.05) is 18.2 Å². The molecule has 27 heavy (non-hydrogen) atoms. The molecule has 0 aliphatic carbocycles. The van der Waals surface area contributed by atoms with Crippen LogP contribution in [-0.2, 0) is 16.1 Å². The first-order valence-electron chi connectivity index (χ1n) is 9.82. The van der Waals surface area contributed by atoms with Crippen molar-refractivity contribution in [3.8, 4) is 0 Å². The summed E-state index contributed by atoms with van der Waals surface area (Å²) >= 11 is 0. The Morgan fingerprint density at radius 3 is 2.67 bits per heavy atom. The van der Waals surface area contributed by atoms with E-state index in [1.165, 1.54) is 12.8 Å². The predicted octanol–water partition coefficient (Wildman–Crippen LogP) is 1.77. The van der Waals surface area contributed by atoms with Crippen molar-refractivity contribution in [2.45, 2.75) is 57.5 Å². The van der Waals surface area contributed by atoms with Crippen LogP contribution in [0.4, 0.5) is 5.69 Å². The summed E-state index contributed by atoms with van der Waals surface area (Å²) in [4.78, 5) is 37.9. The van der Waals surface area contributed by atoms with Gasteiger partial charge >= 0.3 is 0 Å². The van der Waals surface area contributed by atoms with Crippen LogP contribution >= 0.6 is 0 Å². The summed E-state index contributed by atoms with van der Waals surface area (Å²) in [5, 5.41) is 5.78. The normalized spacial score (nSPS) is 19.2. The maximum atomic E-state index is 12.8. The number of benzene rings is 1. The Kier molecular flexibility index (Phi) is 6.45. The molecule has 4 N–H and O–H groups in total. The number of carbonyl (C=O) groups is 3. The summed E-state index contributed by atoms with van der Waals surface area (Å²) in [6, 6.07) is 5.09. The number of rotatable bonds is 9. The molecule has 1 atom stereocenters. The van der Waals surface area contributed by atoms with Gasteiger partial charge in [0.15, 0.2) is 0 Å². The number of nitrogens with zero attached hydrogens (tertiary/aromatic N) is 1. The largest absolute Gasteiger partial charge is 0.385 e. The Morgan fingerprint density at radius 2 is 1.89 bits per heavy atom. The van der Waals surface area contributed by atoms with Crippen LogP contribution in [0, 0.1) is 0 Å². The molecule has 3 rings (SSSR count). The number of carbonyl (C=O) groups excluding carboxylic acids is 3. The molecule has 2 aliphatic heterocycles. The first-order chi connectivity index (χ1) is 13.1. The van der Waals surface area contributed by atoms with Gasteiger partial charge in [0.25, 0.3) is 5.91 Å². The molecular formula is C20H28N4O3. The molecule has 1 aromatic carbocycles. The molecule has 1 saturated heterocycles. The van der Waals surface area contributed by atoms with Crippen molar-refractivity contribution < 1.29 is 14.4 Å². The zero-order valence-electron chi connectivity index (χ0n) is 15.6. The summed E-state index contributed by atoms with van der Waals surface area (Å²) in [5.74, 6) is -0.779. The molecule has 0 radical (unpaired) electrons. The van der Waals surface area contributed by atoms with Gasteiger partial charge in [0.05, 0.1) is 0 Å². The van der Waals surface area contributed by atoms with Crippen LogP contribution in [0.25, 0.3) is 0 Å². The molecule has 7 heteroatoms. The Labute approximate surface area is 159 Å². The second-order valence-corrected chi connectivity index (χ2v) is 7.21. The van der Waals surface area contributed by atoms with E-state index in [4.69, 9.17) is 5.73 Å². The average Bonchev–Trinajstić information content (AvgIpc) is 2.98. The lowest BCUT2D eigenvalue weighted by atomic mass is 10.0. The predicted molar refractivity (Wildman–Crippen MR) is 103 cm³/mol. The highest BCUT2D eigenvalue weighted by atomic mass is 16.2. The second kappa shape index (κ2) is 8.99. The molecule has 0 spiro atoms. The monoisotopic (exact) mass is 372 g/mol. The van der Waals surface area contributed by atoms with Crippen LogP contribution in [0.1, 0.15) is 60.9 Å². The summed E-state index contributed by atoms with van der Waals surface area (Å²) in [7, 11) is 0. The number of piperidine rings is 1. The zero-order valence-corrected chi connectivity index (χ0v) is 15.6. The SMILES string of the molecule is NCCCCCCCNc1cccc2c1CN(C1CCC(=O)NC1=O)C2=O. The Hall–Kier alpha value is -2.41. The van der Waals surface area contributed by atoms with Crippen LogP contribution in [0.3, 0.4) is 0 Å². The summed E-state index contributed by atoms with van der Waals surface area (Å²) in [5.41, 5.74) is 8.05. The number of fused-ring (bicyclic) bond motifs is 1. The number of unbranched alkanes of at least 4 members (excludes halogenated alkanes) is 4. The van der Waals surface area contributed by atoms with Crippen molar-refractivity contribution >= 4 is 23.4 Å². The van der Waals surface area contributed by atoms with Gasteiger partial charge in [-0.1, -0.05) is 25.3 Å². The molecule has 0 aromatic heterocycles. The molecule has 7 nitrogen and oxygen atoms in total. The van der Waals surface area contributed by atoms with Crippen molar-refractivity contribution in [2.75, 3.05) is 18.4 Å². The third-order valence-corrected chi connectivity index (χ3v) is 5.28. The summed E-state index contributed by atoms with van der Waals surface area (Å²) in [6.45, 7) is 2.01. The fourth-order valence-electron chi connectivity index (χ4n) is 3.77. The Balaban J connectivity index is 1.59. The van der Waals surface area contributed by atoms with Gasteiger partial charge in [0.1, 0.15) is 6.04 Å². The van der Waals surface area contributed by atoms with Gasteiger partial charge in [-0.05, 0) is 37.9 Å². The van der Waals surface area contributed by atoms with Crippen LogP contribution < -0.4 is 16.4 Å². The van der Waals surface area contributed by atoms with E-state index in [2.05, 4.69) is 10.6 Å². The number of hydrogen-bond donors (Lipinski definition) is 3. The number of anilines is 1. The van der Waals surface area contributed by atoms with E-state index in [0.717, 1.165) is 43.6 Å². The minimum Gasteiger partial charge on any atom is -0.385 e. The van der Waals surface area contributed by atoms with E-state index in [0.29, 0.717) is 18.5 Å². The minimum atomic E-state index is -0.571. The van der Waals surface area contributed by atoms with E-state index in [-0.39, 0.29) is 24.1 Å². The topological polar surface area (TPSA) is 105 Å². The van der Waals surface area contributed by atoms with Crippen molar-refractivity contribution in [2.24, 2.45) is 5.73 Å². The number of amides is 3. The first-order valence-corrected chi connectivity index (χ1v) is 9.82. The molecule has 1 fully saturated rings. The maximum absolute atomic E-state index is 12.8. The van der Waals surface area contributed by atoms with Crippen molar-refractivity contribution in [3.05, 3.63) is 29.3 Å². The quantitative estimate of drug-likeness (QED) is 0.453. The lowest BCUT2D eigenvalue weighted by Gasteiger charge is -2.29. The lowest BCUT2D eigenvalue weighted by molar-refractivity contribution is -0.136. The highest BCUT2D eigenvalue weighted by Gasteiger charge is 2.39. The molecule has 1 unspecified atom stereocenters. The van der Waals surface area contributed by atoms with Gasteiger partial charge in [-0.25, -0.2) is 0 Å². The second-order valence-electron chi connectivity index (χ2n) is 7.21. The molecule has 1 aromatic rings. The molecule has 146 valence electrons. The van der Waals surface area contributed by atoms with Gasteiger partial charge in [0.2, 0.25) is 11.8 Å². The van der Waals surface area contributed by atoms with Crippen molar-refractivity contribution in [3.63, 3.8) is 0 Å². The average molecular weight is 372 g/mol. The molecule has 2 heterocycles. The molecule has 3 amide bonds. The number of nitrogens with two attached hydrogens (primary N) is 1. The maximum Gasteiger partial charge on any atom is 0.255 e. The minimum absolute atomic E-state index is 0.134. The van der Waals surface area contributed by atoms with Crippen molar-refractivity contribution in [1.29, 1.82) is 0 Å². The van der Waals surface area contributed by atoms with Crippen LogP contribution in [0.2, 0.25) is 0 Å². The fraction of sp³-hybridized carbons (Fsp3) is 0.550. The molecule has 2 aliphatic rings. The van der Waals surface area contributed by atoms with Crippen LogP contribution in [0.5, 0.6) is 0 Å². The van der Waals surface area contributed by atoms with E-state index >= 15 is 0 Å². The van der Waals surface area contributed by atoms with Crippen LogP contribution in [0.15, 0.2) is 18.2 Å². The lowest BCUT2D eigenvalue weighted by Crippen LogP contribution is -2.52. The van der Waals surface area contributed by atoms with Gasteiger partial charge in [0, 0.05) is 36.3 Å². The van der Waals surface area contributed by atoms with E-state index in [9.17, 15) is 14.4 Å². The zero-order chi connectivity index (χ0) is 19.2. The van der Waals surface area contributed by atoms with Gasteiger partial charge in [-0.15, -0.1) is 0 Å². The fourth-order valence-corrected chi connectivity index (χ4v) is 3.77. The summed E-state index contributed by atoms with van der Waals surface area (Å²) in [6.07, 6.45) is 6.32. The third-order valence-electron chi connectivity index (χ3n) is 5.28. The van der Waals surface area contributed by atoms with Gasteiger partial charge in [-0.2, -0.15) is 0 Å². The van der Waals surface area contributed by atoms with Gasteiger partial charge in [-0.3, -0.25) is 19.7 Å². The number of nitrogens with one attached hydrogen (secondary N) is 2. The first kappa shape index (κ1) is 19.4. The number of imide groups is 1. The third kappa shape index (κ3) is 4.47. The van der Waals surface area contributed by atoms with Gasteiger partial charge < -0.3 is 16.0 Å². The summed E-state index contributed by atoms with van der Waals surface area (Å²) < 4.78 is 0. The molecular weight excluding hydrogens is 344 g/mol. The highest BCUT2D eigenvalue weighted by Crippen LogP contribution is 2.32. The molecule has 0 bridgehead atoms. The van der Waals surface area contributed by atoms with E-state index in [1.54, 1.807) is 4.90 Å². The number of hydrogen-bond acceptors (Lipinski definition) is 5. The molecule has 0 saturated carbocycles. The smallest absolute Gasteiger partial charge is 0.255 e. The van der Waals surface area contributed by atoms with Crippen LogP contribution in [-0.4, -0.2) is 41.8 Å². The standard InChI is InChI=1S/C20H28N4O3/c21-11-4-2-1-3-5-12-22-16-8-6-7-14-15(16)13-24(20(14)27)17-9-10-18(25)23-19(17)26/h6-8,17,22H,1-5,9-13,21H2,(H,23,25,26). The highest BCUT2D eigenvalue weighted by molar-refractivity contribution is 6.06.